The van der Waals surface area contributed by atoms with Crippen LogP contribution in [0.2, 0.25) is 0 Å². The van der Waals surface area contributed by atoms with Crippen LogP contribution in [0.15, 0.2) is 198 Å². The van der Waals surface area contributed by atoms with Crippen LogP contribution >= 0.6 is 11.3 Å². The Kier molecular flexibility index (Phi) is 8.60. The van der Waals surface area contributed by atoms with Crippen LogP contribution in [-0.2, 0) is 0 Å². The Morgan fingerprint density at radius 3 is 1.80 bits per heavy atom. The Morgan fingerprint density at radius 1 is 0.473 bits per heavy atom. The maximum Gasteiger partial charge on any atom is 0.133 e. The molecule has 2 aliphatic rings. The largest absolute Gasteiger partial charge is 0.350 e. The molecule has 10 rings (SSSR count). The Labute approximate surface area is 324 Å². The molecule has 264 valence electrons. The van der Waals surface area contributed by atoms with Crippen LogP contribution in [0.5, 0.6) is 0 Å². The molecule has 0 fully saturated rings. The van der Waals surface area contributed by atoms with Gasteiger partial charge in [0.05, 0.1) is 6.04 Å². The molecule has 0 saturated heterocycles. The lowest BCUT2D eigenvalue weighted by Crippen LogP contribution is -2.44. The van der Waals surface area contributed by atoms with Gasteiger partial charge in [-0.1, -0.05) is 164 Å². The fourth-order valence-corrected chi connectivity index (χ4v) is 8.78. The lowest BCUT2D eigenvalue weighted by molar-refractivity contribution is 0.409. The lowest BCUT2D eigenvalue weighted by Gasteiger charge is -2.32. The Bertz CT molecular complexity index is 2660. The first-order valence-electron chi connectivity index (χ1n) is 18.7. The van der Waals surface area contributed by atoms with Gasteiger partial charge in [0, 0.05) is 37.0 Å². The van der Waals surface area contributed by atoms with Crippen molar-refractivity contribution < 1.29 is 0 Å². The zero-order chi connectivity index (χ0) is 36.6. The summed E-state index contributed by atoms with van der Waals surface area (Å²) >= 11 is 1.84. The molecule has 8 aromatic rings. The molecule has 0 radical (unpaired) electrons. The maximum absolute atomic E-state index is 5.41. The van der Waals surface area contributed by atoms with Crippen molar-refractivity contribution in [3.63, 3.8) is 0 Å². The van der Waals surface area contributed by atoms with Crippen LogP contribution in [-0.4, -0.2) is 11.7 Å². The van der Waals surface area contributed by atoms with E-state index in [1.165, 1.54) is 31.3 Å². The molecule has 2 aliphatic heterocycles. The van der Waals surface area contributed by atoms with Crippen LogP contribution in [0.4, 0.5) is 0 Å². The van der Waals surface area contributed by atoms with Gasteiger partial charge in [0.25, 0.3) is 0 Å². The van der Waals surface area contributed by atoms with E-state index in [9.17, 15) is 0 Å². The van der Waals surface area contributed by atoms with Gasteiger partial charge in [-0.2, -0.15) is 0 Å². The molecule has 0 amide bonds. The van der Waals surface area contributed by atoms with Gasteiger partial charge < -0.3 is 10.6 Å². The van der Waals surface area contributed by atoms with E-state index in [1.807, 2.05) is 29.5 Å². The molecule has 7 aromatic carbocycles. The second kappa shape index (κ2) is 14.3. The third-order valence-corrected chi connectivity index (χ3v) is 11.6. The van der Waals surface area contributed by atoms with Gasteiger partial charge in [-0.3, -0.25) is 10.3 Å². The fraction of sp³-hybridized carbons (Fsp3) is 0.0612. The minimum atomic E-state index is -0.214. The van der Waals surface area contributed by atoms with Crippen molar-refractivity contribution in [2.24, 2.45) is 9.98 Å². The molecule has 6 heteroatoms. The number of nitrogens with one attached hydrogen (secondary N) is 3. The topological polar surface area (TPSA) is 60.8 Å². The number of fused-ring (bicyclic) bond motifs is 3. The Balaban J connectivity index is 1.08. The molecule has 0 bridgehead atoms. The normalized spacial score (nSPS) is 18.2. The third kappa shape index (κ3) is 6.52. The highest BCUT2D eigenvalue weighted by molar-refractivity contribution is 7.25. The van der Waals surface area contributed by atoms with Crippen molar-refractivity contribution in [2.75, 3.05) is 0 Å². The minimum Gasteiger partial charge on any atom is -0.350 e. The number of amidine groups is 2. The first-order valence-corrected chi connectivity index (χ1v) is 19.5. The molecule has 3 atom stereocenters. The van der Waals surface area contributed by atoms with E-state index in [2.05, 4.69) is 186 Å². The molecule has 5 nitrogen and oxygen atoms in total. The van der Waals surface area contributed by atoms with Crippen LogP contribution in [0.1, 0.15) is 51.8 Å². The zero-order valence-electron chi connectivity index (χ0n) is 29.9. The van der Waals surface area contributed by atoms with Gasteiger partial charge in [0.2, 0.25) is 0 Å². The summed E-state index contributed by atoms with van der Waals surface area (Å²) in [7, 11) is 0. The van der Waals surface area contributed by atoms with Gasteiger partial charge >= 0.3 is 0 Å². The average molecular weight is 728 g/mol. The summed E-state index contributed by atoms with van der Waals surface area (Å²) in [6.45, 7) is 0. The van der Waals surface area contributed by atoms with E-state index in [0.717, 1.165) is 50.7 Å². The van der Waals surface area contributed by atoms with E-state index < -0.39 is 0 Å². The second-order valence-electron chi connectivity index (χ2n) is 13.9. The molecular weight excluding hydrogens is 691 g/mol. The molecule has 0 spiro atoms. The summed E-state index contributed by atoms with van der Waals surface area (Å²) in [5.41, 5.74) is 10.1. The average Bonchev–Trinajstić information content (AvgIpc) is 3.64. The highest BCUT2D eigenvalue weighted by atomic mass is 32.1. The van der Waals surface area contributed by atoms with Crippen molar-refractivity contribution in [2.45, 2.75) is 18.4 Å². The molecular formula is C49H37N5S. The van der Waals surface area contributed by atoms with Crippen molar-refractivity contribution in [1.29, 1.82) is 0 Å². The second-order valence-corrected chi connectivity index (χ2v) is 15.0. The van der Waals surface area contributed by atoms with Crippen molar-refractivity contribution in [1.82, 2.24) is 16.0 Å². The summed E-state index contributed by atoms with van der Waals surface area (Å²) in [6.07, 6.45) is 1.94. The summed E-state index contributed by atoms with van der Waals surface area (Å²) in [5, 5.41) is 13.7. The first kappa shape index (κ1) is 33.0. The van der Waals surface area contributed by atoms with Crippen LogP contribution < -0.4 is 16.0 Å². The first-order chi connectivity index (χ1) is 27.2. The summed E-state index contributed by atoms with van der Waals surface area (Å²) in [5.74, 6) is 1.74. The standard InChI is InChI=1S/C49H37N5S/c1-5-15-33(16-6-1)42-31-43(51-46(50-42)34-17-7-2-8-18-34)40-30-45-41(38-23-13-14-24-44(38)55-45)29-39(40)32-25-27-37(28-26-32)49-53-47(35-19-9-3-10-20-35)52-48(54-49)36-21-11-4-12-22-36/h1-31,43,47,49,53H,(H,50,51)(H,52,54). The number of nitrogens with zero attached hydrogens (tertiary/aromatic N) is 2. The zero-order valence-corrected chi connectivity index (χ0v) is 30.7. The van der Waals surface area contributed by atoms with Gasteiger partial charge in [-0.05, 0) is 57.7 Å². The van der Waals surface area contributed by atoms with E-state index in [4.69, 9.17) is 9.98 Å². The fourth-order valence-electron chi connectivity index (χ4n) is 7.64. The number of hydrogen-bond acceptors (Lipinski definition) is 6. The summed E-state index contributed by atoms with van der Waals surface area (Å²) in [6, 6.07) is 64.0. The van der Waals surface area contributed by atoms with E-state index in [1.54, 1.807) is 0 Å². The lowest BCUT2D eigenvalue weighted by atomic mass is 9.91. The van der Waals surface area contributed by atoms with Crippen molar-refractivity contribution >= 4 is 48.9 Å². The van der Waals surface area contributed by atoms with Gasteiger partial charge in [0.1, 0.15) is 24.0 Å². The molecule has 3 unspecified atom stereocenters. The predicted molar refractivity (Wildman–Crippen MR) is 229 cm³/mol. The number of rotatable bonds is 7. The quantitative estimate of drug-likeness (QED) is 0.153. The SMILES string of the molecule is C1=C(c2ccccc2)NC(c2ccccc2)=NC1c1cc2sc3ccccc3c2cc1-c1ccc(C2NC(c3ccccc3)=NC(c3ccccc3)N2)cc1. The molecule has 55 heavy (non-hydrogen) atoms. The molecule has 3 N–H and O–H groups in total. The van der Waals surface area contributed by atoms with Crippen LogP contribution in [0, 0.1) is 0 Å². The Hall–Kier alpha value is -6.60. The van der Waals surface area contributed by atoms with Crippen LogP contribution in [0.3, 0.4) is 0 Å². The highest BCUT2D eigenvalue weighted by Crippen LogP contribution is 2.42. The summed E-state index contributed by atoms with van der Waals surface area (Å²) in [4.78, 5) is 10.5. The van der Waals surface area contributed by atoms with E-state index in [0.29, 0.717) is 0 Å². The third-order valence-electron chi connectivity index (χ3n) is 10.4. The monoisotopic (exact) mass is 727 g/mol. The van der Waals surface area contributed by atoms with E-state index in [-0.39, 0.29) is 18.4 Å². The molecule has 0 saturated carbocycles. The van der Waals surface area contributed by atoms with Crippen LogP contribution in [0.25, 0.3) is 37.0 Å². The van der Waals surface area contributed by atoms with Gasteiger partial charge in [-0.15, -0.1) is 11.3 Å². The number of hydrogen-bond donors (Lipinski definition) is 3. The van der Waals surface area contributed by atoms with Gasteiger partial charge in [-0.25, -0.2) is 4.99 Å². The number of aliphatic imine (C=N–C) groups is 2. The number of benzene rings is 7. The summed E-state index contributed by atoms with van der Waals surface area (Å²) < 4.78 is 2.55. The highest BCUT2D eigenvalue weighted by Gasteiger charge is 2.27. The van der Waals surface area contributed by atoms with Gasteiger partial charge in [0.15, 0.2) is 0 Å². The molecule has 1 aromatic heterocycles. The van der Waals surface area contributed by atoms with Crippen molar-refractivity contribution in [3.8, 4) is 11.1 Å². The van der Waals surface area contributed by atoms with Crippen molar-refractivity contribution in [3.05, 3.63) is 221 Å². The molecule has 3 heterocycles. The number of thiophene rings is 1. The Morgan fingerprint density at radius 2 is 1.09 bits per heavy atom. The smallest absolute Gasteiger partial charge is 0.133 e. The molecule has 0 aliphatic carbocycles. The maximum atomic E-state index is 5.41. The predicted octanol–water partition coefficient (Wildman–Crippen LogP) is 11.2. The van der Waals surface area contributed by atoms with E-state index >= 15 is 0 Å². The minimum absolute atomic E-state index is 0.145.